The maximum absolute atomic E-state index is 12.8. The van der Waals surface area contributed by atoms with E-state index >= 15 is 0 Å². The van der Waals surface area contributed by atoms with Crippen LogP contribution in [0.25, 0.3) is 0 Å². The minimum absolute atomic E-state index is 0.0204. The van der Waals surface area contributed by atoms with Crippen molar-refractivity contribution in [3.63, 3.8) is 0 Å². The third-order valence-corrected chi connectivity index (χ3v) is 18.5. The van der Waals surface area contributed by atoms with Crippen LogP contribution in [0.4, 0.5) is 0 Å². The van der Waals surface area contributed by atoms with Crippen molar-refractivity contribution in [1.29, 1.82) is 0 Å². The van der Waals surface area contributed by atoms with Crippen molar-refractivity contribution in [2.75, 3.05) is 20.7 Å². The zero-order chi connectivity index (χ0) is 30.0. The summed E-state index contributed by atoms with van der Waals surface area (Å²) in [4.78, 5) is 14.0. The van der Waals surface area contributed by atoms with Gasteiger partial charge in [0.05, 0.1) is 23.9 Å². The standard InChI is InChI=1S/C24H45N5O7SSi2/c1-22(2,3)38(9,10)33-14-18-24(17(25)15-37(31,32)36-24)19(35-39(11,12)23(4,5)6)21(34-18)29-13-16(26-27-29)20(30)28(7)8/h13,15,18-19,21H,14,25H2,1-12H3. The molecule has 3 rings (SSSR count). The van der Waals surface area contributed by atoms with Crippen molar-refractivity contribution >= 4 is 32.7 Å². The third-order valence-electron chi connectivity index (χ3n) is 8.47. The Hall–Kier alpha value is -1.63. The van der Waals surface area contributed by atoms with Crippen LogP contribution in [0.15, 0.2) is 17.3 Å². The number of hydrogen-bond acceptors (Lipinski definition) is 10. The topological polar surface area (TPSA) is 148 Å². The first-order chi connectivity index (χ1) is 17.5. The normalized spacial score (nSPS) is 27.7. The fourth-order valence-electron chi connectivity index (χ4n) is 3.93. The molecule has 3 heterocycles. The average molecular weight is 604 g/mol. The highest BCUT2D eigenvalue weighted by Crippen LogP contribution is 2.52. The molecular weight excluding hydrogens is 559 g/mol. The summed E-state index contributed by atoms with van der Waals surface area (Å²) in [5, 5.41) is 8.79. The number of ether oxygens (including phenoxy) is 1. The van der Waals surface area contributed by atoms with E-state index < -0.39 is 50.8 Å². The summed E-state index contributed by atoms with van der Waals surface area (Å²) in [6, 6.07) is 0. The third kappa shape index (κ3) is 5.90. The molecule has 222 valence electrons. The molecular formula is C24H45N5O7SSi2. The number of rotatable bonds is 7. The van der Waals surface area contributed by atoms with Gasteiger partial charge in [0.1, 0.15) is 12.2 Å². The molecule has 1 aromatic rings. The molecule has 1 amide bonds. The Balaban J connectivity index is 2.16. The number of hydrogen-bond donors (Lipinski definition) is 1. The van der Waals surface area contributed by atoms with E-state index in [0.717, 1.165) is 5.41 Å². The molecule has 2 aliphatic heterocycles. The summed E-state index contributed by atoms with van der Waals surface area (Å²) in [6.07, 6.45) is -1.51. The molecule has 0 radical (unpaired) electrons. The van der Waals surface area contributed by atoms with Crippen LogP contribution in [0.1, 0.15) is 58.3 Å². The van der Waals surface area contributed by atoms with E-state index in [9.17, 15) is 13.2 Å². The van der Waals surface area contributed by atoms with Gasteiger partial charge in [0.15, 0.2) is 34.2 Å². The summed E-state index contributed by atoms with van der Waals surface area (Å²) < 4.78 is 52.7. The van der Waals surface area contributed by atoms with Gasteiger partial charge >= 0.3 is 0 Å². The van der Waals surface area contributed by atoms with E-state index in [1.54, 1.807) is 14.1 Å². The molecule has 2 aliphatic rings. The Labute approximate surface area is 234 Å². The van der Waals surface area contributed by atoms with Crippen LogP contribution in [0, 0.1) is 0 Å². The number of amides is 1. The number of nitrogens with zero attached hydrogens (tertiary/aromatic N) is 4. The average Bonchev–Trinajstić information content (AvgIpc) is 3.40. The van der Waals surface area contributed by atoms with Crippen LogP contribution in [0.3, 0.4) is 0 Å². The zero-order valence-corrected chi connectivity index (χ0v) is 28.0. The molecule has 0 saturated carbocycles. The van der Waals surface area contributed by atoms with Crippen LogP contribution in [0.2, 0.25) is 36.3 Å². The van der Waals surface area contributed by atoms with Crippen LogP contribution in [-0.2, 0) is 27.9 Å². The van der Waals surface area contributed by atoms with Crippen molar-refractivity contribution in [2.24, 2.45) is 5.73 Å². The Kier molecular flexibility index (Phi) is 8.20. The molecule has 39 heavy (non-hydrogen) atoms. The molecule has 4 atom stereocenters. The lowest BCUT2D eigenvalue weighted by Gasteiger charge is -2.43. The van der Waals surface area contributed by atoms with Gasteiger partial charge in [-0.05, 0) is 36.3 Å². The van der Waals surface area contributed by atoms with Crippen molar-refractivity contribution in [3.8, 4) is 0 Å². The summed E-state index contributed by atoms with van der Waals surface area (Å²) in [6.45, 7) is 20.9. The monoisotopic (exact) mass is 603 g/mol. The molecule has 15 heteroatoms. The van der Waals surface area contributed by atoms with Gasteiger partial charge in [0.2, 0.25) is 0 Å². The summed E-state index contributed by atoms with van der Waals surface area (Å²) >= 11 is 0. The van der Waals surface area contributed by atoms with Crippen molar-refractivity contribution in [2.45, 2.75) is 102 Å². The van der Waals surface area contributed by atoms with E-state index in [1.165, 1.54) is 15.8 Å². The van der Waals surface area contributed by atoms with Gasteiger partial charge in [0, 0.05) is 14.1 Å². The fraction of sp³-hybridized carbons (Fsp3) is 0.792. The van der Waals surface area contributed by atoms with Gasteiger partial charge in [-0.3, -0.25) is 4.79 Å². The minimum Gasteiger partial charge on any atom is -0.414 e. The second kappa shape index (κ2) is 10.0. The molecule has 2 N–H and O–H groups in total. The van der Waals surface area contributed by atoms with Crippen LogP contribution in [0.5, 0.6) is 0 Å². The minimum atomic E-state index is -4.13. The van der Waals surface area contributed by atoms with Crippen molar-refractivity contribution in [3.05, 3.63) is 23.0 Å². The Bertz CT molecular complexity index is 1230. The summed E-state index contributed by atoms with van der Waals surface area (Å²) in [7, 11) is -5.76. The first kappa shape index (κ1) is 31.9. The molecule has 0 bridgehead atoms. The SMILES string of the molecule is CN(C)C(=O)c1cn(C2OC(CO[Si](C)(C)C(C)(C)C)C3(OS(=O)(=O)C=C3N)C2O[Si](C)(C)C(C)(C)C)nn1. The second-order valence-electron chi connectivity index (χ2n) is 13.6. The molecule has 4 unspecified atom stereocenters. The molecule has 12 nitrogen and oxygen atoms in total. The first-order valence-corrected chi connectivity index (χ1v) is 20.3. The number of nitrogens with two attached hydrogens (primary N) is 1. The lowest BCUT2D eigenvalue weighted by molar-refractivity contribution is -0.0595. The van der Waals surface area contributed by atoms with Gasteiger partial charge in [-0.15, -0.1) is 5.10 Å². The maximum Gasteiger partial charge on any atom is 0.292 e. The highest BCUT2D eigenvalue weighted by atomic mass is 32.2. The van der Waals surface area contributed by atoms with Crippen LogP contribution >= 0.6 is 0 Å². The lowest BCUT2D eigenvalue weighted by atomic mass is 9.89. The summed E-state index contributed by atoms with van der Waals surface area (Å²) in [5.74, 6) is -0.340. The quantitative estimate of drug-likeness (QED) is 0.364. The number of carbonyl (C=O) groups excluding carboxylic acids is 1. The van der Waals surface area contributed by atoms with Crippen molar-refractivity contribution < 1.29 is 31.0 Å². The predicted molar refractivity (Wildman–Crippen MR) is 152 cm³/mol. The molecule has 1 saturated heterocycles. The van der Waals surface area contributed by atoms with Gasteiger partial charge in [0.25, 0.3) is 16.0 Å². The molecule has 1 fully saturated rings. The van der Waals surface area contributed by atoms with Gasteiger partial charge in [-0.25, -0.2) is 8.86 Å². The largest absolute Gasteiger partial charge is 0.414 e. The maximum atomic E-state index is 12.8. The Morgan fingerprint density at radius 3 is 2.15 bits per heavy atom. The van der Waals surface area contributed by atoms with Gasteiger partial charge < -0.3 is 24.2 Å². The first-order valence-electron chi connectivity index (χ1n) is 13.0. The second-order valence-corrected chi connectivity index (χ2v) is 24.6. The predicted octanol–water partition coefficient (Wildman–Crippen LogP) is 3.19. The summed E-state index contributed by atoms with van der Waals surface area (Å²) in [5.41, 5.74) is 4.86. The smallest absolute Gasteiger partial charge is 0.292 e. The van der Waals surface area contributed by atoms with Gasteiger partial charge in [-0.1, -0.05) is 46.8 Å². The van der Waals surface area contributed by atoms with E-state index in [0.29, 0.717) is 0 Å². The lowest BCUT2D eigenvalue weighted by Crippen LogP contribution is -2.59. The Morgan fingerprint density at radius 1 is 1.13 bits per heavy atom. The van der Waals surface area contributed by atoms with E-state index in [2.05, 4.69) is 64.9 Å². The van der Waals surface area contributed by atoms with Gasteiger partial charge in [-0.2, -0.15) is 8.42 Å². The van der Waals surface area contributed by atoms with E-state index in [4.69, 9.17) is 23.5 Å². The highest BCUT2D eigenvalue weighted by molar-refractivity contribution is 7.90. The zero-order valence-electron chi connectivity index (χ0n) is 25.2. The van der Waals surface area contributed by atoms with Crippen LogP contribution in [-0.4, -0.2) is 89.4 Å². The highest BCUT2D eigenvalue weighted by Gasteiger charge is 2.67. The number of carbonyl (C=O) groups is 1. The van der Waals surface area contributed by atoms with E-state index in [1.807, 2.05) is 13.1 Å². The van der Waals surface area contributed by atoms with Crippen molar-refractivity contribution in [1.82, 2.24) is 19.9 Å². The fourth-order valence-corrected chi connectivity index (χ4v) is 7.44. The molecule has 0 aliphatic carbocycles. The van der Waals surface area contributed by atoms with E-state index in [-0.39, 0.29) is 34.0 Å². The Morgan fingerprint density at radius 2 is 1.69 bits per heavy atom. The molecule has 1 aromatic heterocycles. The molecule has 1 spiro atoms. The number of aromatic nitrogens is 3. The molecule has 0 aromatic carbocycles. The van der Waals surface area contributed by atoms with Crippen LogP contribution < -0.4 is 5.73 Å².